The number of hydrogen-bond acceptors (Lipinski definition) is 2. The van der Waals surface area contributed by atoms with Crippen LogP contribution < -0.4 is 11.1 Å². The van der Waals surface area contributed by atoms with Crippen molar-refractivity contribution < 1.29 is 4.79 Å². The van der Waals surface area contributed by atoms with Crippen LogP contribution in [0.4, 0.5) is 0 Å². The molecule has 3 nitrogen and oxygen atoms in total. The molecule has 0 fully saturated rings. The average Bonchev–Trinajstić information content (AvgIpc) is 2.15. The quantitative estimate of drug-likeness (QED) is 0.842. The van der Waals surface area contributed by atoms with E-state index in [-0.39, 0.29) is 11.9 Å². The van der Waals surface area contributed by atoms with Crippen molar-refractivity contribution in [3.05, 3.63) is 34.9 Å². The molecule has 3 N–H and O–H groups in total. The number of carbonyl (C=O) groups is 1. The van der Waals surface area contributed by atoms with Crippen LogP contribution >= 0.6 is 0 Å². The number of aryl methyl sites for hydroxylation is 2. The lowest BCUT2D eigenvalue weighted by molar-refractivity contribution is 0.0903. The second-order valence-corrected chi connectivity index (χ2v) is 5.28. The summed E-state index contributed by atoms with van der Waals surface area (Å²) in [4.78, 5) is 12.1. The molecular weight excluding hydrogens is 212 g/mol. The van der Waals surface area contributed by atoms with Gasteiger partial charge in [-0.1, -0.05) is 17.7 Å². The predicted molar refractivity (Wildman–Crippen MR) is 71.1 cm³/mol. The maximum Gasteiger partial charge on any atom is 0.252 e. The Morgan fingerprint density at radius 1 is 1.35 bits per heavy atom. The standard InChI is InChI=1S/C14H22N2O/c1-9-6-7-12(10(2)8-9)13(17)16-14(4,5)11(3)15/h6-8,11H,15H2,1-5H3,(H,16,17). The maximum atomic E-state index is 12.1. The van der Waals surface area contributed by atoms with E-state index in [1.165, 1.54) is 0 Å². The highest BCUT2D eigenvalue weighted by Gasteiger charge is 2.25. The summed E-state index contributed by atoms with van der Waals surface area (Å²) in [6.45, 7) is 9.71. The maximum absolute atomic E-state index is 12.1. The molecule has 0 heterocycles. The molecule has 0 aliphatic rings. The van der Waals surface area contributed by atoms with Crippen molar-refractivity contribution in [3.8, 4) is 0 Å². The van der Waals surface area contributed by atoms with Crippen LogP contribution in [0.25, 0.3) is 0 Å². The third kappa shape index (κ3) is 3.30. The molecule has 1 atom stereocenters. The van der Waals surface area contributed by atoms with Gasteiger partial charge in [0.1, 0.15) is 0 Å². The molecule has 0 saturated carbocycles. The van der Waals surface area contributed by atoms with Crippen molar-refractivity contribution in [1.29, 1.82) is 0 Å². The lowest BCUT2D eigenvalue weighted by atomic mass is 9.95. The summed E-state index contributed by atoms with van der Waals surface area (Å²) in [6.07, 6.45) is 0. The van der Waals surface area contributed by atoms with Crippen LogP contribution in [0.3, 0.4) is 0 Å². The van der Waals surface area contributed by atoms with Gasteiger partial charge < -0.3 is 11.1 Å². The minimum atomic E-state index is -0.408. The van der Waals surface area contributed by atoms with Crippen LogP contribution in [0.15, 0.2) is 18.2 Å². The lowest BCUT2D eigenvalue weighted by Crippen LogP contribution is -2.54. The van der Waals surface area contributed by atoms with Crippen LogP contribution in [0.1, 0.15) is 42.3 Å². The second-order valence-electron chi connectivity index (χ2n) is 5.28. The van der Waals surface area contributed by atoms with Crippen molar-refractivity contribution in [2.45, 2.75) is 46.2 Å². The van der Waals surface area contributed by atoms with E-state index in [0.29, 0.717) is 5.56 Å². The number of carbonyl (C=O) groups excluding carboxylic acids is 1. The van der Waals surface area contributed by atoms with Gasteiger partial charge in [0.15, 0.2) is 0 Å². The molecule has 1 aromatic rings. The number of benzene rings is 1. The summed E-state index contributed by atoms with van der Waals surface area (Å²) in [5, 5.41) is 2.97. The molecule has 1 rings (SSSR count). The molecule has 0 aromatic heterocycles. The fourth-order valence-electron chi connectivity index (χ4n) is 1.54. The van der Waals surface area contributed by atoms with Gasteiger partial charge >= 0.3 is 0 Å². The predicted octanol–water partition coefficient (Wildman–Crippen LogP) is 2.16. The van der Waals surface area contributed by atoms with Gasteiger partial charge in [-0.25, -0.2) is 0 Å². The molecule has 3 heteroatoms. The summed E-state index contributed by atoms with van der Waals surface area (Å²) in [5.41, 5.74) is 8.29. The highest BCUT2D eigenvalue weighted by atomic mass is 16.1. The smallest absolute Gasteiger partial charge is 0.252 e. The van der Waals surface area contributed by atoms with Crippen LogP contribution in [0.2, 0.25) is 0 Å². The minimum absolute atomic E-state index is 0.0650. The van der Waals surface area contributed by atoms with E-state index >= 15 is 0 Å². The van der Waals surface area contributed by atoms with Crippen molar-refractivity contribution >= 4 is 5.91 Å². The highest BCUT2D eigenvalue weighted by Crippen LogP contribution is 2.13. The van der Waals surface area contributed by atoms with Gasteiger partial charge in [0.05, 0.1) is 0 Å². The van der Waals surface area contributed by atoms with E-state index in [0.717, 1.165) is 11.1 Å². The summed E-state index contributed by atoms with van der Waals surface area (Å²) < 4.78 is 0. The highest BCUT2D eigenvalue weighted by molar-refractivity contribution is 5.96. The Balaban J connectivity index is 2.91. The Morgan fingerprint density at radius 3 is 2.41 bits per heavy atom. The summed E-state index contributed by atoms with van der Waals surface area (Å²) in [7, 11) is 0. The monoisotopic (exact) mass is 234 g/mol. The van der Waals surface area contributed by atoms with Crippen LogP contribution in [0.5, 0.6) is 0 Å². The molecule has 0 bridgehead atoms. The average molecular weight is 234 g/mol. The summed E-state index contributed by atoms with van der Waals surface area (Å²) in [6, 6.07) is 5.71. The number of nitrogens with two attached hydrogens (primary N) is 1. The van der Waals surface area contributed by atoms with Crippen molar-refractivity contribution in [2.75, 3.05) is 0 Å². The normalized spacial score (nSPS) is 13.3. The van der Waals surface area contributed by atoms with E-state index in [1.54, 1.807) is 0 Å². The van der Waals surface area contributed by atoms with Gasteiger partial charge in [-0.3, -0.25) is 4.79 Å². The van der Waals surface area contributed by atoms with Gasteiger partial charge in [-0.15, -0.1) is 0 Å². The molecule has 0 radical (unpaired) electrons. The third-order valence-corrected chi connectivity index (χ3v) is 3.20. The van der Waals surface area contributed by atoms with Crippen molar-refractivity contribution in [2.24, 2.45) is 5.73 Å². The first-order valence-electron chi connectivity index (χ1n) is 5.89. The van der Waals surface area contributed by atoms with Crippen LogP contribution in [0, 0.1) is 13.8 Å². The molecule has 0 aliphatic heterocycles. The zero-order valence-corrected chi connectivity index (χ0v) is 11.3. The van der Waals surface area contributed by atoms with Gasteiger partial charge in [0.25, 0.3) is 5.91 Å². The molecular formula is C14H22N2O. The molecule has 1 aromatic carbocycles. The SMILES string of the molecule is Cc1ccc(C(=O)NC(C)(C)C(C)N)c(C)c1. The van der Waals surface area contributed by atoms with Crippen LogP contribution in [-0.2, 0) is 0 Å². The Kier molecular flexibility index (Phi) is 3.94. The zero-order chi connectivity index (χ0) is 13.2. The number of amides is 1. The number of rotatable bonds is 3. The molecule has 17 heavy (non-hydrogen) atoms. The van der Waals surface area contributed by atoms with Gasteiger partial charge in [-0.05, 0) is 46.2 Å². The van der Waals surface area contributed by atoms with E-state index in [9.17, 15) is 4.79 Å². The third-order valence-electron chi connectivity index (χ3n) is 3.20. The van der Waals surface area contributed by atoms with E-state index in [4.69, 9.17) is 5.73 Å². The van der Waals surface area contributed by atoms with Crippen molar-refractivity contribution in [1.82, 2.24) is 5.32 Å². The Morgan fingerprint density at radius 2 is 1.94 bits per heavy atom. The molecule has 1 amide bonds. The van der Waals surface area contributed by atoms with Gasteiger partial charge in [0.2, 0.25) is 0 Å². The first-order chi connectivity index (χ1) is 7.74. The van der Waals surface area contributed by atoms with Gasteiger partial charge in [-0.2, -0.15) is 0 Å². The molecule has 94 valence electrons. The number of hydrogen-bond donors (Lipinski definition) is 2. The summed E-state index contributed by atoms with van der Waals surface area (Å²) in [5.74, 6) is -0.0650. The van der Waals surface area contributed by atoms with Gasteiger partial charge in [0, 0.05) is 17.1 Å². The molecule has 1 unspecified atom stereocenters. The minimum Gasteiger partial charge on any atom is -0.346 e. The van der Waals surface area contributed by atoms with Crippen LogP contribution in [-0.4, -0.2) is 17.5 Å². The first kappa shape index (κ1) is 13.7. The number of nitrogens with one attached hydrogen (secondary N) is 1. The van der Waals surface area contributed by atoms with E-state index < -0.39 is 5.54 Å². The Labute approximate surface area is 103 Å². The topological polar surface area (TPSA) is 55.1 Å². The Bertz CT molecular complexity index is 422. The molecule has 0 spiro atoms. The fraction of sp³-hybridized carbons (Fsp3) is 0.500. The zero-order valence-electron chi connectivity index (χ0n) is 11.3. The lowest BCUT2D eigenvalue weighted by Gasteiger charge is -2.30. The van der Waals surface area contributed by atoms with Crippen molar-refractivity contribution in [3.63, 3.8) is 0 Å². The molecule has 0 saturated heterocycles. The first-order valence-corrected chi connectivity index (χ1v) is 5.89. The van der Waals surface area contributed by atoms with E-state index in [2.05, 4.69) is 5.32 Å². The fourth-order valence-corrected chi connectivity index (χ4v) is 1.54. The second kappa shape index (κ2) is 4.88. The molecule has 0 aliphatic carbocycles. The summed E-state index contributed by atoms with van der Waals surface area (Å²) >= 11 is 0. The Hall–Kier alpha value is -1.35. The van der Waals surface area contributed by atoms with E-state index in [1.807, 2.05) is 52.8 Å². The largest absolute Gasteiger partial charge is 0.346 e.